The van der Waals surface area contributed by atoms with Crippen LogP contribution >= 0.6 is 0 Å². The third-order valence-corrected chi connectivity index (χ3v) is 5.61. The van der Waals surface area contributed by atoms with E-state index in [1.807, 2.05) is 31.2 Å². The third-order valence-electron chi connectivity index (χ3n) is 3.53. The Bertz CT molecular complexity index is 520. The summed E-state index contributed by atoms with van der Waals surface area (Å²) in [7, 11) is -1.42. The Morgan fingerprint density at radius 2 is 1.70 bits per heavy atom. The van der Waals surface area contributed by atoms with E-state index in [-0.39, 0.29) is 5.75 Å². The van der Waals surface area contributed by atoms with E-state index in [0.717, 1.165) is 24.5 Å². The van der Waals surface area contributed by atoms with Crippen LogP contribution in [-0.4, -0.2) is 51.8 Å². The average molecular weight is 298 g/mol. The molecule has 0 amide bonds. The normalized spacial score (nSPS) is 17.2. The molecule has 0 N–H and O–H groups in total. The van der Waals surface area contributed by atoms with E-state index in [1.165, 1.54) is 0 Å². The van der Waals surface area contributed by atoms with Crippen molar-refractivity contribution < 1.29 is 13.2 Å². The second kappa shape index (κ2) is 6.45. The molecular weight excluding hydrogens is 276 g/mol. The van der Waals surface area contributed by atoms with Gasteiger partial charge in [-0.3, -0.25) is 0 Å². The molecule has 0 aliphatic carbocycles. The van der Waals surface area contributed by atoms with Gasteiger partial charge in [0, 0.05) is 31.9 Å². The van der Waals surface area contributed by atoms with Crippen LogP contribution in [0, 0.1) is 0 Å². The van der Waals surface area contributed by atoms with Crippen LogP contribution in [-0.2, 0) is 10.0 Å². The Morgan fingerprint density at radius 3 is 2.20 bits per heavy atom. The van der Waals surface area contributed by atoms with Crippen LogP contribution in [0.25, 0.3) is 0 Å². The van der Waals surface area contributed by atoms with E-state index in [1.54, 1.807) is 11.4 Å². The molecule has 0 bridgehead atoms. The standard InChI is InChI=1S/C14H22N2O3S/c1-3-12-20(17,18)16-10-8-15(9-11-16)13-4-6-14(19-2)7-5-13/h4-7H,3,8-12H2,1-2H3. The first kappa shape index (κ1) is 15.1. The molecule has 0 spiro atoms. The first-order valence-corrected chi connectivity index (χ1v) is 8.54. The Kier molecular flexibility index (Phi) is 4.88. The summed E-state index contributed by atoms with van der Waals surface area (Å²) in [4.78, 5) is 2.21. The van der Waals surface area contributed by atoms with Crippen molar-refractivity contribution in [2.45, 2.75) is 13.3 Å². The van der Waals surface area contributed by atoms with Crippen molar-refractivity contribution in [3.05, 3.63) is 24.3 Å². The Balaban J connectivity index is 1.97. The Labute approximate surface area is 121 Å². The number of piperazine rings is 1. The molecule has 2 rings (SSSR count). The highest BCUT2D eigenvalue weighted by Gasteiger charge is 2.26. The molecule has 0 aromatic heterocycles. The van der Waals surface area contributed by atoms with E-state index in [4.69, 9.17) is 4.74 Å². The molecule has 6 heteroatoms. The maximum atomic E-state index is 12.0. The highest BCUT2D eigenvalue weighted by Crippen LogP contribution is 2.21. The van der Waals surface area contributed by atoms with Crippen LogP contribution in [0.15, 0.2) is 24.3 Å². The van der Waals surface area contributed by atoms with Gasteiger partial charge in [-0.25, -0.2) is 8.42 Å². The fourth-order valence-corrected chi connectivity index (χ4v) is 3.90. The number of ether oxygens (including phenoxy) is 1. The maximum Gasteiger partial charge on any atom is 0.214 e. The van der Waals surface area contributed by atoms with Gasteiger partial charge in [-0.2, -0.15) is 4.31 Å². The van der Waals surface area contributed by atoms with Crippen molar-refractivity contribution >= 4 is 15.7 Å². The molecule has 1 saturated heterocycles. The predicted octanol–water partition coefficient (Wildman–Crippen LogP) is 1.56. The zero-order valence-electron chi connectivity index (χ0n) is 12.1. The lowest BCUT2D eigenvalue weighted by molar-refractivity contribution is 0.384. The smallest absolute Gasteiger partial charge is 0.214 e. The summed E-state index contributed by atoms with van der Waals surface area (Å²) >= 11 is 0. The molecule has 1 aromatic rings. The average Bonchev–Trinajstić information content (AvgIpc) is 2.47. The van der Waals surface area contributed by atoms with Crippen LogP contribution < -0.4 is 9.64 Å². The SMILES string of the molecule is CCCS(=O)(=O)N1CCN(c2ccc(OC)cc2)CC1. The summed E-state index contributed by atoms with van der Waals surface area (Å²) in [5.74, 6) is 1.08. The summed E-state index contributed by atoms with van der Waals surface area (Å²) in [5, 5.41) is 0. The van der Waals surface area contributed by atoms with E-state index in [9.17, 15) is 8.42 Å². The lowest BCUT2D eigenvalue weighted by atomic mass is 10.2. The predicted molar refractivity (Wildman–Crippen MR) is 80.9 cm³/mol. The first-order chi connectivity index (χ1) is 9.56. The first-order valence-electron chi connectivity index (χ1n) is 6.93. The van der Waals surface area contributed by atoms with Gasteiger partial charge in [-0.15, -0.1) is 0 Å². The van der Waals surface area contributed by atoms with Gasteiger partial charge in [0.1, 0.15) is 5.75 Å². The van der Waals surface area contributed by atoms with E-state index in [0.29, 0.717) is 19.5 Å². The van der Waals surface area contributed by atoms with Gasteiger partial charge in [0.2, 0.25) is 10.0 Å². The van der Waals surface area contributed by atoms with Crippen molar-refractivity contribution in [2.75, 3.05) is 43.9 Å². The second-order valence-corrected chi connectivity index (χ2v) is 6.99. The number of sulfonamides is 1. The number of benzene rings is 1. The largest absolute Gasteiger partial charge is 0.497 e. The lowest BCUT2D eigenvalue weighted by Gasteiger charge is -2.35. The van der Waals surface area contributed by atoms with Gasteiger partial charge in [0.15, 0.2) is 0 Å². The highest BCUT2D eigenvalue weighted by molar-refractivity contribution is 7.89. The molecule has 1 aliphatic heterocycles. The van der Waals surface area contributed by atoms with E-state index in [2.05, 4.69) is 4.90 Å². The zero-order valence-corrected chi connectivity index (χ0v) is 12.9. The molecule has 0 saturated carbocycles. The van der Waals surface area contributed by atoms with Gasteiger partial charge in [0.25, 0.3) is 0 Å². The quantitative estimate of drug-likeness (QED) is 0.828. The molecule has 0 unspecified atom stereocenters. The molecule has 1 aliphatic rings. The van der Waals surface area contributed by atoms with E-state index < -0.39 is 10.0 Å². The minimum atomic E-state index is -3.06. The van der Waals surface area contributed by atoms with Crippen LogP contribution in [0.5, 0.6) is 5.75 Å². The summed E-state index contributed by atoms with van der Waals surface area (Å²) in [5.41, 5.74) is 1.11. The number of methoxy groups -OCH3 is 1. The summed E-state index contributed by atoms with van der Waals surface area (Å²) in [6.45, 7) is 4.48. The molecular formula is C14H22N2O3S. The van der Waals surface area contributed by atoms with Gasteiger partial charge in [0.05, 0.1) is 12.9 Å². The fraction of sp³-hybridized carbons (Fsp3) is 0.571. The van der Waals surface area contributed by atoms with Gasteiger partial charge in [-0.05, 0) is 30.7 Å². The van der Waals surface area contributed by atoms with Crippen LogP contribution in [0.4, 0.5) is 5.69 Å². The fourth-order valence-electron chi connectivity index (χ4n) is 2.40. The monoisotopic (exact) mass is 298 g/mol. The lowest BCUT2D eigenvalue weighted by Crippen LogP contribution is -2.49. The van der Waals surface area contributed by atoms with Gasteiger partial charge < -0.3 is 9.64 Å². The van der Waals surface area contributed by atoms with Crippen molar-refractivity contribution in [3.63, 3.8) is 0 Å². The molecule has 0 radical (unpaired) electrons. The molecule has 1 fully saturated rings. The van der Waals surface area contributed by atoms with Gasteiger partial charge in [-0.1, -0.05) is 6.92 Å². The molecule has 112 valence electrons. The highest BCUT2D eigenvalue weighted by atomic mass is 32.2. The Morgan fingerprint density at radius 1 is 1.10 bits per heavy atom. The number of anilines is 1. The summed E-state index contributed by atoms with van der Waals surface area (Å²) in [6, 6.07) is 7.87. The van der Waals surface area contributed by atoms with Crippen LogP contribution in [0.3, 0.4) is 0 Å². The van der Waals surface area contributed by atoms with Crippen molar-refractivity contribution in [1.82, 2.24) is 4.31 Å². The molecule has 20 heavy (non-hydrogen) atoms. The topological polar surface area (TPSA) is 49.9 Å². The number of hydrogen-bond acceptors (Lipinski definition) is 4. The number of nitrogens with zero attached hydrogens (tertiary/aromatic N) is 2. The van der Waals surface area contributed by atoms with Crippen LogP contribution in [0.2, 0.25) is 0 Å². The van der Waals surface area contributed by atoms with Gasteiger partial charge >= 0.3 is 0 Å². The molecule has 1 heterocycles. The molecule has 1 aromatic carbocycles. The maximum absolute atomic E-state index is 12.0. The minimum absolute atomic E-state index is 0.246. The van der Waals surface area contributed by atoms with Crippen LogP contribution in [0.1, 0.15) is 13.3 Å². The molecule has 0 atom stereocenters. The minimum Gasteiger partial charge on any atom is -0.497 e. The summed E-state index contributed by atoms with van der Waals surface area (Å²) in [6.07, 6.45) is 0.668. The zero-order chi connectivity index (χ0) is 14.6. The van der Waals surface area contributed by atoms with Crippen molar-refractivity contribution in [2.24, 2.45) is 0 Å². The number of rotatable bonds is 5. The second-order valence-electron chi connectivity index (χ2n) is 4.90. The Hall–Kier alpha value is -1.27. The number of hydrogen-bond donors (Lipinski definition) is 0. The third kappa shape index (κ3) is 3.43. The van der Waals surface area contributed by atoms with E-state index >= 15 is 0 Å². The van der Waals surface area contributed by atoms with Crippen molar-refractivity contribution in [3.8, 4) is 5.75 Å². The molecule has 5 nitrogen and oxygen atoms in total. The van der Waals surface area contributed by atoms with Crippen molar-refractivity contribution in [1.29, 1.82) is 0 Å². The summed E-state index contributed by atoms with van der Waals surface area (Å²) < 4.78 is 30.8.